The SMILES string of the molecule is N#CCCCC(=O)N[C@H]1CC[C@H](CCN2CCN(c3ccccc3F)CC2)CC1. The molecule has 3 rings (SSSR count). The number of unbranched alkanes of at least 4 members (excludes halogenated alkanes) is 1. The summed E-state index contributed by atoms with van der Waals surface area (Å²) in [5.74, 6) is 0.706. The third kappa shape index (κ3) is 6.71. The van der Waals surface area contributed by atoms with Gasteiger partial charge in [0, 0.05) is 45.1 Å². The number of hydrogen-bond donors (Lipinski definition) is 1. The highest BCUT2D eigenvalue weighted by Crippen LogP contribution is 2.27. The Bertz CT molecular complexity index is 688. The van der Waals surface area contributed by atoms with Gasteiger partial charge in [-0.05, 0) is 63.1 Å². The average Bonchev–Trinajstić information content (AvgIpc) is 2.74. The van der Waals surface area contributed by atoms with Crippen LogP contribution in [-0.2, 0) is 4.79 Å². The Labute approximate surface area is 173 Å². The van der Waals surface area contributed by atoms with Crippen molar-refractivity contribution in [3.05, 3.63) is 30.1 Å². The van der Waals surface area contributed by atoms with Crippen LogP contribution in [0.5, 0.6) is 0 Å². The zero-order valence-corrected chi connectivity index (χ0v) is 17.3. The zero-order valence-electron chi connectivity index (χ0n) is 17.3. The number of nitrogens with one attached hydrogen (secondary N) is 1. The number of para-hydroxylation sites is 1. The van der Waals surface area contributed by atoms with E-state index in [-0.39, 0.29) is 11.7 Å². The summed E-state index contributed by atoms with van der Waals surface area (Å²) in [6.07, 6.45) is 7.27. The van der Waals surface area contributed by atoms with Crippen LogP contribution in [0.25, 0.3) is 0 Å². The molecular weight excluding hydrogens is 367 g/mol. The van der Waals surface area contributed by atoms with Crippen LogP contribution >= 0.6 is 0 Å². The summed E-state index contributed by atoms with van der Waals surface area (Å²) < 4.78 is 14.0. The third-order valence-electron chi connectivity index (χ3n) is 6.32. The quantitative estimate of drug-likeness (QED) is 0.676. The molecule has 29 heavy (non-hydrogen) atoms. The Kier molecular flexibility index (Phi) is 8.30. The molecular formula is C23H33FN4O. The molecule has 6 heteroatoms. The van der Waals surface area contributed by atoms with Crippen molar-refractivity contribution in [3.63, 3.8) is 0 Å². The lowest BCUT2D eigenvalue weighted by molar-refractivity contribution is -0.122. The predicted molar refractivity (Wildman–Crippen MR) is 113 cm³/mol. The van der Waals surface area contributed by atoms with Gasteiger partial charge in [-0.1, -0.05) is 12.1 Å². The van der Waals surface area contributed by atoms with E-state index in [1.165, 1.54) is 25.3 Å². The number of rotatable bonds is 8. The first kappa shape index (κ1) is 21.6. The van der Waals surface area contributed by atoms with Crippen LogP contribution in [0.4, 0.5) is 10.1 Å². The highest BCUT2D eigenvalue weighted by molar-refractivity contribution is 5.76. The lowest BCUT2D eigenvalue weighted by Crippen LogP contribution is -2.47. The number of nitrogens with zero attached hydrogens (tertiary/aromatic N) is 3. The normalized spacial score (nSPS) is 22.8. The minimum absolute atomic E-state index is 0.0939. The van der Waals surface area contributed by atoms with Crippen molar-refractivity contribution in [2.24, 2.45) is 5.92 Å². The average molecular weight is 401 g/mol. The molecule has 1 amide bonds. The van der Waals surface area contributed by atoms with Crippen LogP contribution < -0.4 is 10.2 Å². The molecule has 0 atom stereocenters. The van der Waals surface area contributed by atoms with Gasteiger partial charge in [-0.15, -0.1) is 0 Å². The molecule has 1 aliphatic heterocycles. The molecule has 1 N–H and O–H groups in total. The number of nitriles is 1. The monoisotopic (exact) mass is 400 g/mol. The van der Waals surface area contributed by atoms with Gasteiger partial charge in [0.25, 0.3) is 0 Å². The summed E-state index contributed by atoms with van der Waals surface area (Å²) in [5, 5.41) is 11.7. The van der Waals surface area contributed by atoms with Gasteiger partial charge in [-0.25, -0.2) is 4.39 Å². The topological polar surface area (TPSA) is 59.4 Å². The molecule has 0 unspecified atom stereocenters. The molecule has 0 spiro atoms. The molecule has 1 saturated carbocycles. The standard InChI is InChI=1S/C23H33FN4O/c24-21-5-1-2-6-22(21)28-17-15-27(16-18-28)14-12-19-8-10-20(11-9-19)26-23(29)7-3-4-13-25/h1-2,5-6,19-20H,3-4,7-12,14-18H2,(H,26,29)/t19-,20-. The Morgan fingerprint density at radius 1 is 1.14 bits per heavy atom. The molecule has 2 aliphatic rings. The summed E-state index contributed by atoms with van der Waals surface area (Å²) in [7, 11) is 0. The highest BCUT2D eigenvalue weighted by Gasteiger charge is 2.24. The van der Waals surface area contributed by atoms with E-state index in [1.54, 1.807) is 6.07 Å². The second kappa shape index (κ2) is 11.2. The maximum Gasteiger partial charge on any atom is 0.220 e. The Balaban J connectivity index is 1.30. The fraction of sp³-hybridized carbons (Fsp3) is 0.652. The maximum absolute atomic E-state index is 14.0. The molecule has 0 radical (unpaired) electrons. The van der Waals surface area contributed by atoms with Crippen molar-refractivity contribution in [1.29, 1.82) is 5.26 Å². The van der Waals surface area contributed by atoms with Gasteiger partial charge in [0.2, 0.25) is 5.91 Å². The second-order valence-corrected chi connectivity index (χ2v) is 8.37. The van der Waals surface area contributed by atoms with Crippen LogP contribution in [0, 0.1) is 23.1 Å². The maximum atomic E-state index is 14.0. The van der Waals surface area contributed by atoms with Crippen molar-refractivity contribution in [2.45, 2.75) is 57.4 Å². The van der Waals surface area contributed by atoms with Gasteiger partial charge in [0.15, 0.2) is 0 Å². The summed E-state index contributed by atoms with van der Waals surface area (Å²) in [4.78, 5) is 16.5. The van der Waals surface area contributed by atoms with Gasteiger partial charge in [-0.3, -0.25) is 9.69 Å². The molecule has 1 heterocycles. The lowest BCUT2D eigenvalue weighted by Gasteiger charge is -2.37. The molecule has 1 aromatic carbocycles. The smallest absolute Gasteiger partial charge is 0.220 e. The largest absolute Gasteiger partial charge is 0.367 e. The van der Waals surface area contributed by atoms with Gasteiger partial charge in [0.1, 0.15) is 5.82 Å². The Hall–Kier alpha value is -2.13. The van der Waals surface area contributed by atoms with Crippen LogP contribution in [0.3, 0.4) is 0 Å². The van der Waals surface area contributed by atoms with Crippen LogP contribution in [0.2, 0.25) is 0 Å². The van der Waals surface area contributed by atoms with Gasteiger partial charge >= 0.3 is 0 Å². The van der Waals surface area contributed by atoms with Crippen molar-refractivity contribution < 1.29 is 9.18 Å². The molecule has 0 bridgehead atoms. The number of hydrogen-bond acceptors (Lipinski definition) is 4. The van der Waals surface area contributed by atoms with Crippen molar-refractivity contribution >= 4 is 11.6 Å². The molecule has 1 aromatic rings. The van der Waals surface area contributed by atoms with E-state index in [4.69, 9.17) is 5.26 Å². The summed E-state index contributed by atoms with van der Waals surface area (Å²) in [5.41, 5.74) is 0.722. The van der Waals surface area contributed by atoms with E-state index in [2.05, 4.69) is 21.2 Å². The summed E-state index contributed by atoms with van der Waals surface area (Å²) >= 11 is 0. The molecule has 5 nitrogen and oxygen atoms in total. The number of halogens is 1. The van der Waals surface area contributed by atoms with E-state index < -0.39 is 0 Å². The van der Waals surface area contributed by atoms with E-state index in [9.17, 15) is 9.18 Å². The first-order chi connectivity index (χ1) is 14.2. The number of piperazine rings is 1. The van der Waals surface area contributed by atoms with Crippen LogP contribution in [0.1, 0.15) is 51.4 Å². The Morgan fingerprint density at radius 3 is 2.55 bits per heavy atom. The fourth-order valence-electron chi connectivity index (χ4n) is 4.51. The third-order valence-corrected chi connectivity index (χ3v) is 6.32. The lowest BCUT2D eigenvalue weighted by atomic mass is 9.84. The van der Waals surface area contributed by atoms with E-state index in [0.29, 0.717) is 25.3 Å². The minimum atomic E-state index is -0.130. The van der Waals surface area contributed by atoms with Gasteiger partial charge < -0.3 is 10.2 Å². The highest BCUT2D eigenvalue weighted by atomic mass is 19.1. The summed E-state index contributed by atoms with van der Waals surface area (Å²) in [6, 6.07) is 9.43. The van der Waals surface area contributed by atoms with Crippen molar-refractivity contribution in [3.8, 4) is 6.07 Å². The number of carbonyl (C=O) groups excluding carboxylic acids is 1. The second-order valence-electron chi connectivity index (χ2n) is 8.37. The molecule has 1 aliphatic carbocycles. The zero-order chi connectivity index (χ0) is 20.5. The molecule has 0 aromatic heterocycles. The number of benzene rings is 1. The number of anilines is 1. The number of amides is 1. The predicted octanol–water partition coefficient (Wildman–Crippen LogP) is 3.71. The van der Waals surface area contributed by atoms with Crippen molar-refractivity contribution in [2.75, 3.05) is 37.6 Å². The Morgan fingerprint density at radius 2 is 1.86 bits per heavy atom. The number of carbonyl (C=O) groups is 1. The minimum Gasteiger partial charge on any atom is -0.367 e. The molecule has 2 fully saturated rings. The van der Waals surface area contributed by atoms with E-state index in [0.717, 1.165) is 57.2 Å². The fourth-order valence-corrected chi connectivity index (χ4v) is 4.51. The first-order valence-electron chi connectivity index (χ1n) is 11.0. The van der Waals surface area contributed by atoms with E-state index in [1.807, 2.05) is 12.1 Å². The van der Waals surface area contributed by atoms with Crippen molar-refractivity contribution in [1.82, 2.24) is 10.2 Å². The summed E-state index contributed by atoms with van der Waals surface area (Å²) in [6.45, 7) is 4.85. The first-order valence-corrected chi connectivity index (χ1v) is 11.0. The van der Waals surface area contributed by atoms with Gasteiger partial charge in [0.05, 0.1) is 11.8 Å². The molecule has 1 saturated heterocycles. The van der Waals surface area contributed by atoms with Crippen LogP contribution in [-0.4, -0.2) is 49.6 Å². The molecule has 158 valence electrons. The van der Waals surface area contributed by atoms with Gasteiger partial charge in [-0.2, -0.15) is 5.26 Å². The van der Waals surface area contributed by atoms with E-state index >= 15 is 0 Å². The van der Waals surface area contributed by atoms with Crippen LogP contribution in [0.15, 0.2) is 24.3 Å².